The molecule has 0 saturated heterocycles. The van der Waals surface area contributed by atoms with Crippen LogP contribution in [0.2, 0.25) is 0 Å². The Hall–Kier alpha value is -4.94. The van der Waals surface area contributed by atoms with Crippen LogP contribution in [0.25, 0.3) is 10.8 Å². The van der Waals surface area contributed by atoms with E-state index < -0.39 is 17.9 Å². The number of benzene rings is 4. The van der Waals surface area contributed by atoms with Gasteiger partial charge in [0.25, 0.3) is 5.91 Å². The summed E-state index contributed by atoms with van der Waals surface area (Å²) < 4.78 is 23.8. The first-order valence-corrected chi connectivity index (χ1v) is 15.9. The van der Waals surface area contributed by atoms with Gasteiger partial charge >= 0.3 is 5.97 Å². The fourth-order valence-electron chi connectivity index (χ4n) is 5.17. The normalized spacial score (nSPS) is 14.4. The van der Waals surface area contributed by atoms with Crippen molar-refractivity contribution >= 4 is 62.1 Å². The van der Waals surface area contributed by atoms with Crippen LogP contribution in [0.15, 0.2) is 99.7 Å². The van der Waals surface area contributed by atoms with Crippen LogP contribution in [0.1, 0.15) is 36.6 Å². The Bertz CT molecular complexity index is 1870. The zero-order valence-electron chi connectivity index (χ0n) is 26.0. The number of hydrogen-bond acceptors (Lipinski definition) is 8. The number of nitrogens with zero attached hydrogens (tertiary/aromatic N) is 1. The van der Waals surface area contributed by atoms with E-state index in [1.807, 2.05) is 36.4 Å². The van der Waals surface area contributed by atoms with Gasteiger partial charge in [0.05, 0.1) is 31.5 Å². The molecule has 0 fully saturated rings. The smallest absolute Gasteiger partial charge is 0.338 e. The maximum atomic E-state index is 12.8. The molecular formula is C35H33BrN4O6S. The molecule has 1 atom stereocenters. The summed E-state index contributed by atoms with van der Waals surface area (Å²) in [6, 6.07) is 24.2. The Labute approximate surface area is 286 Å². The Morgan fingerprint density at radius 3 is 2.60 bits per heavy atom. The van der Waals surface area contributed by atoms with Crippen LogP contribution in [0.5, 0.6) is 17.2 Å². The van der Waals surface area contributed by atoms with E-state index in [-0.39, 0.29) is 13.2 Å². The maximum Gasteiger partial charge on any atom is 0.338 e. The third-order valence-corrected chi connectivity index (χ3v) is 7.94. The maximum absolute atomic E-state index is 12.8. The highest BCUT2D eigenvalue weighted by molar-refractivity contribution is 9.10. The summed E-state index contributed by atoms with van der Waals surface area (Å²) in [5, 5.41) is 12.8. The van der Waals surface area contributed by atoms with E-state index in [1.54, 1.807) is 45.2 Å². The third kappa shape index (κ3) is 8.08. The molecule has 1 aliphatic rings. The van der Waals surface area contributed by atoms with Gasteiger partial charge in [0, 0.05) is 21.3 Å². The number of thiocarbonyl (C=S) groups is 1. The molecule has 1 heterocycles. The van der Waals surface area contributed by atoms with Crippen LogP contribution in [0, 0.1) is 0 Å². The molecule has 1 amide bonds. The summed E-state index contributed by atoms with van der Waals surface area (Å²) in [5.41, 5.74) is 5.67. The minimum atomic E-state index is -0.640. The number of methoxy groups -OCH3 is 1. The van der Waals surface area contributed by atoms with Crippen LogP contribution in [0.3, 0.4) is 0 Å². The highest BCUT2D eigenvalue weighted by atomic mass is 79.9. The Morgan fingerprint density at radius 2 is 1.79 bits per heavy atom. The molecular weight excluding hydrogens is 684 g/mol. The molecule has 0 spiro atoms. The second-order valence-corrected chi connectivity index (χ2v) is 11.7. The fourth-order valence-corrected chi connectivity index (χ4v) is 5.89. The highest BCUT2D eigenvalue weighted by Gasteiger charge is 2.32. The van der Waals surface area contributed by atoms with Gasteiger partial charge < -0.3 is 29.6 Å². The van der Waals surface area contributed by atoms with Crippen LogP contribution in [-0.4, -0.2) is 43.5 Å². The molecule has 0 unspecified atom stereocenters. The van der Waals surface area contributed by atoms with E-state index in [1.165, 1.54) is 6.21 Å². The van der Waals surface area contributed by atoms with Crippen molar-refractivity contribution < 1.29 is 28.5 Å². The first-order valence-electron chi connectivity index (χ1n) is 14.7. The lowest BCUT2D eigenvalue weighted by molar-refractivity contribution is -0.139. The standard InChI is InChI=1S/C35H33BrN4O6S/c1-4-44-34(42)31-21(2)38-35(47)39-32(31)27-14-7-8-15-28(27)45-20-30(41)40-37-18-24-16-25(36)17-29(43-3)33(24)46-19-23-12-9-11-22-10-5-6-13-26(22)23/h5-18,32H,4,19-20H2,1-3H3,(H,40,41)(H2,38,39,47)/t32-/m1/s1. The molecule has 47 heavy (non-hydrogen) atoms. The number of amides is 1. The average molecular weight is 718 g/mol. The van der Waals surface area contributed by atoms with E-state index >= 15 is 0 Å². The lowest BCUT2D eigenvalue weighted by atomic mass is 9.95. The SMILES string of the molecule is CCOC(=O)C1=C(C)NC(=S)N[C@@H]1c1ccccc1OCC(=O)NN=Cc1cc(Br)cc(OC)c1OCc1cccc2ccccc12. The van der Waals surface area contributed by atoms with Crippen LogP contribution in [0.4, 0.5) is 0 Å². The number of rotatable bonds is 12. The van der Waals surface area contributed by atoms with Gasteiger partial charge in [-0.25, -0.2) is 10.2 Å². The first kappa shape index (κ1) is 33.4. The molecule has 3 N–H and O–H groups in total. The zero-order valence-corrected chi connectivity index (χ0v) is 28.4. The molecule has 0 saturated carbocycles. The Morgan fingerprint density at radius 1 is 1.02 bits per heavy atom. The van der Waals surface area contributed by atoms with E-state index in [9.17, 15) is 9.59 Å². The second-order valence-electron chi connectivity index (χ2n) is 10.4. The van der Waals surface area contributed by atoms with Gasteiger partial charge in [0.15, 0.2) is 23.2 Å². The summed E-state index contributed by atoms with van der Waals surface area (Å²) in [6.45, 7) is 3.66. The van der Waals surface area contributed by atoms with Crippen LogP contribution in [-0.2, 0) is 20.9 Å². The average Bonchev–Trinajstić information content (AvgIpc) is 3.06. The lowest BCUT2D eigenvalue weighted by Gasteiger charge is -2.30. The number of nitrogens with one attached hydrogen (secondary N) is 3. The van der Waals surface area contributed by atoms with Crippen molar-refractivity contribution in [1.82, 2.24) is 16.1 Å². The fraction of sp³-hybridized carbons (Fsp3) is 0.200. The van der Waals surface area contributed by atoms with Crippen molar-refractivity contribution in [3.63, 3.8) is 0 Å². The molecule has 0 aromatic heterocycles. The summed E-state index contributed by atoms with van der Waals surface area (Å²) in [4.78, 5) is 25.6. The zero-order chi connectivity index (χ0) is 33.3. The van der Waals surface area contributed by atoms with Gasteiger partial charge in [-0.3, -0.25) is 4.79 Å². The van der Waals surface area contributed by atoms with Crippen molar-refractivity contribution in [3.05, 3.63) is 111 Å². The summed E-state index contributed by atoms with van der Waals surface area (Å²) in [5.74, 6) is 0.389. The van der Waals surface area contributed by atoms with Gasteiger partial charge in [-0.2, -0.15) is 5.10 Å². The molecule has 5 rings (SSSR count). The number of halogens is 1. The number of esters is 1. The van der Waals surface area contributed by atoms with Gasteiger partial charge in [0.2, 0.25) is 0 Å². The number of para-hydroxylation sites is 1. The minimum absolute atomic E-state index is 0.218. The molecule has 0 bridgehead atoms. The summed E-state index contributed by atoms with van der Waals surface area (Å²) in [7, 11) is 1.56. The molecule has 4 aromatic carbocycles. The number of ether oxygens (including phenoxy) is 4. The topological polar surface area (TPSA) is 120 Å². The van der Waals surface area contributed by atoms with Gasteiger partial charge in [0.1, 0.15) is 12.4 Å². The highest BCUT2D eigenvalue weighted by Crippen LogP contribution is 2.36. The Balaban J connectivity index is 1.28. The van der Waals surface area contributed by atoms with Gasteiger partial charge in [-0.1, -0.05) is 76.6 Å². The van der Waals surface area contributed by atoms with Crippen LogP contribution < -0.4 is 30.3 Å². The number of allylic oxidation sites excluding steroid dienone is 1. The number of carbonyl (C=O) groups is 2. The molecule has 0 radical (unpaired) electrons. The molecule has 0 aliphatic carbocycles. The largest absolute Gasteiger partial charge is 0.493 e. The van der Waals surface area contributed by atoms with E-state index in [2.05, 4.69) is 55.3 Å². The lowest BCUT2D eigenvalue weighted by Crippen LogP contribution is -2.45. The van der Waals surface area contributed by atoms with Crippen molar-refractivity contribution in [2.45, 2.75) is 26.5 Å². The van der Waals surface area contributed by atoms with Gasteiger partial charge in [-0.15, -0.1) is 0 Å². The molecule has 4 aromatic rings. The van der Waals surface area contributed by atoms with Crippen LogP contribution >= 0.6 is 28.1 Å². The van der Waals surface area contributed by atoms with Crippen molar-refractivity contribution in [2.24, 2.45) is 5.10 Å². The van der Waals surface area contributed by atoms with Crippen molar-refractivity contribution in [3.8, 4) is 17.2 Å². The van der Waals surface area contributed by atoms with Crippen molar-refractivity contribution in [1.29, 1.82) is 0 Å². The Kier molecular flexibility index (Phi) is 11.1. The third-order valence-electron chi connectivity index (χ3n) is 7.27. The van der Waals surface area contributed by atoms with E-state index in [0.717, 1.165) is 20.8 Å². The van der Waals surface area contributed by atoms with Gasteiger partial charge in [-0.05, 0) is 60.6 Å². The molecule has 1 aliphatic heterocycles. The van der Waals surface area contributed by atoms with Crippen molar-refractivity contribution in [2.75, 3.05) is 20.3 Å². The first-order chi connectivity index (χ1) is 22.8. The predicted molar refractivity (Wildman–Crippen MR) is 188 cm³/mol. The van der Waals surface area contributed by atoms with E-state index in [4.69, 9.17) is 31.2 Å². The predicted octanol–water partition coefficient (Wildman–Crippen LogP) is 6.07. The molecule has 10 nitrogen and oxygen atoms in total. The summed E-state index contributed by atoms with van der Waals surface area (Å²) in [6.07, 6.45) is 1.48. The summed E-state index contributed by atoms with van der Waals surface area (Å²) >= 11 is 8.85. The van der Waals surface area contributed by atoms with E-state index in [0.29, 0.717) is 51.4 Å². The number of fused-ring (bicyclic) bond motifs is 1. The molecule has 12 heteroatoms. The number of hydrogen-bond donors (Lipinski definition) is 3. The second kappa shape index (κ2) is 15.6. The monoisotopic (exact) mass is 716 g/mol. The minimum Gasteiger partial charge on any atom is -0.493 e. The number of hydrazone groups is 1. The quantitative estimate of drug-likeness (QED) is 0.0694. The number of carbonyl (C=O) groups excluding carboxylic acids is 2. The molecule has 242 valence electrons.